The second-order valence-electron chi connectivity index (χ2n) is 5.92. The highest BCUT2D eigenvalue weighted by molar-refractivity contribution is 5.77. The molecule has 0 bridgehead atoms. The average molecular weight is 271 g/mol. The molecule has 1 aliphatic heterocycles. The predicted octanol–water partition coefficient (Wildman–Crippen LogP) is 0.881. The molecule has 6 nitrogen and oxygen atoms in total. The van der Waals surface area contributed by atoms with E-state index in [1.54, 1.807) is 13.8 Å². The highest BCUT2D eigenvalue weighted by Gasteiger charge is 2.27. The van der Waals surface area contributed by atoms with E-state index < -0.39 is 11.4 Å². The molecule has 1 aliphatic rings. The van der Waals surface area contributed by atoms with Gasteiger partial charge in [0, 0.05) is 19.1 Å². The number of carboxylic acids is 1. The van der Waals surface area contributed by atoms with Crippen molar-refractivity contribution in [2.45, 2.75) is 39.7 Å². The van der Waals surface area contributed by atoms with E-state index in [4.69, 9.17) is 5.11 Å². The van der Waals surface area contributed by atoms with Crippen molar-refractivity contribution in [2.24, 2.45) is 5.41 Å². The normalized spacial score (nSPS) is 18.1. The average Bonchev–Trinajstić information content (AvgIpc) is 2.78. The van der Waals surface area contributed by atoms with E-state index in [-0.39, 0.29) is 18.6 Å². The molecule has 3 N–H and O–H groups in total. The maximum absolute atomic E-state index is 11.7. The molecule has 1 atom stereocenters. The summed E-state index contributed by atoms with van der Waals surface area (Å²) in [7, 11) is 0. The van der Waals surface area contributed by atoms with Gasteiger partial charge in [-0.1, -0.05) is 0 Å². The fourth-order valence-corrected chi connectivity index (χ4v) is 2.05. The summed E-state index contributed by atoms with van der Waals surface area (Å²) in [6.45, 7) is 8.28. The van der Waals surface area contributed by atoms with Gasteiger partial charge in [-0.05, 0) is 46.7 Å². The standard InChI is InChI=1S/C13H25N3O3/c1-10(8-16-6-4-5-7-16)15-12(19)14-9-13(2,3)11(17)18/h10H,4-9H2,1-3H3,(H,17,18)(H2,14,15,19). The number of hydrogen-bond acceptors (Lipinski definition) is 3. The van der Waals surface area contributed by atoms with Crippen molar-refractivity contribution in [3.63, 3.8) is 0 Å². The van der Waals surface area contributed by atoms with Gasteiger partial charge in [0.15, 0.2) is 0 Å². The summed E-state index contributed by atoms with van der Waals surface area (Å²) < 4.78 is 0. The highest BCUT2D eigenvalue weighted by atomic mass is 16.4. The second kappa shape index (κ2) is 6.75. The molecule has 1 heterocycles. The Hall–Kier alpha value is -1.30. The van der Waals surface area contributed by atoms with E-state index in [0.717, 1.165) is 19.6 Å². The molecule has 0 spiro atoms. The van der Waals surface area contributed by atoms with Crippen LogP contribution in [-0.4, -0.2) is 54.2 Å². The van der Waals surface area contributed by atoms with Crippen LogP contribution in [0, 0.1) is 5.41 Å². The summed E-state index contributed by atoms with van der Waals surface area (Å²) in [5, 5.41) is 14.4. The molecule has 0 radical (unpaired) electrons. The van der Waals surface area contributed by atoms with E-state index in [1.165, 1.54) is 12.8 Å². The molecule has 0 aliphatic carbocycles. The van der Waals surface area contributed by atoms with E-state index >= 15 is 0 Å². The molecule has 0 aromatic heterocycles. The number of carbonyl (C=O) groups excluding carboxylic acids is 1. The molecular formula is C13H25N3O3. The smallest absolute Gasteiger partial charge is 0.315 e. The minimum atomic E-state index is -0.949. The summed E-state index contributed by atoms with van der Waals surface area (Å²) in [5.41, 5.74) is -0.949. The first kappa shape index (κ1) is 15.8. The van der Waals surface area contributed by atoms with Gasteiger partial charge < -0.3 is 20.6 Å². The Morgan fingerprint density at radius 1 is 1.32 bits per heavy atom. The predicted molar refractivity (Wildman–Crippen MR) is 73.1 cm³/mol. The molecule has 1 fully saturated rings. The van der Waals surface area contributed by atoms with Gasteiger partial charge in [-0.3, -0.25) is 4.79 Å². The Labute approximate surface area is 114 Å². The Balaban J connectivity index is 2.24. The van der Waals surface area contributed by atoms with E-state index in [9.17, 15) is 9.59 Å². The monoisotopic (exact) mass is 271 g/mol. The highest BCUT2D eigenvalue weighted by Crippen LogP contribution is 2.13. The van der Waals surface area contributed by atoms with Crippen molar-refractivity contribution < 1.29 is 14.7 Å². The molecule has 2 amide bonds. The SMILES string of the molecule is CC(CN1CCCC1)NC(=O)NCC(C)(C)C(=O)O. The molecule has 110 valence electrons. The van der Waals surface area contributed by atoms with E-state index in [2.05, 4.69) is 15.5 Å². The Bertz CT molecular complexity index is 325. The molecule has 0 saturated carbocycles. The second-order valence-corrected chi connectivity index (χ2v) is 5.92. The molecule has 1 saturated heterocycles. The Kier molecular flexibility index (Phi) is 5.60. The van der Waals surface area contributed by atoms with Crippen molar-refractivity contribution in [2.75, 3.05) is 26.2 Å². The number of carboxylic acid groups (broad SMARTS) is 1. The lowest BCUT2D eigenvalue weighted by molar-refractivity contribution is -0.146. The third-order valence-corrected chi connectivity index (χ3v) is 3.38. The van der Waals surface area contributed by atoms with E-state index in [0.29, 0.717) is 0 Å². The van der Waals surface area contributed by atoms with Gasteiger partial charge in [-0.15, -0.1) is 0 Å². The summed E-state index contributed by atoms with van der Waals surface area (Å²) in [6.07, 6.45) is 2.46. The number of amides is 2. The zero-order valence-corrected chi connectivity index (χ0v) is 12.0. The lowest BCUT2D eigenvalue weighted by Gasteiger charge is -2.23. The van der Waals surface area contributed by atoms with Crippen molar-refractivity contribution in [1.82, 2.24) is 15.5 Å². The quantitative estimate of drug-likeness (QED) is 0.670. The number of nitrogens with zero attached hydrogens (tertiary/aromatic N) is 1. The summed E-state index contributed by atoms with van der Waals surface area (Å²) in [4.78, 5) is 24.9. The molecule has 6 heteroatoms. The van der Waals surface area contributed by atoms with Crippen molar-refractivity contribution >= 4 is 12.0 Å². The minimum absolute atomic E-state index is 0.0611. The third kappa shape index (κ3) is 5.46. The van der Waals surface area contributed by atoms with Crippen LogP contribution in [0.25, 0.3) is 0 Å². The van der Waals surface area contributed by atoms with Gasteiger partial charge in [0.2, 0.25) is 0 Å². The molecule has 1 unspecified atom stereocenters. The third-order valence-electron chi connectivity index (χ3n) is 3.38. The van der Waals surface area contributed by atoms with Gasteiger partial charge in [-0.25, -0.2) is 4.79 Å². The van der Waals surface area contributed by atoms with Crippen LogP contribution in [0.3, 0.4) is 0 Å². The van der Waals surface area contributed by atoms with Crippen molar-refractivity contribution in [3.8, 4) is 0 Å². The first-order chi connectivity index (χ1) is 8.81. The largest absolute Gasteiger partial charge is 0.481 e. The van der Waals surface area contributed by atoms with Crippen LogP contribution in [0.5, 0.6) is 0 Å². The maximum atomic E-state index is 11.7. The number of rotatable bonds is 6. The van der Waals surface area contributed by atoms with E-state index in [1.807, 2.05) is 6.92 Å². The first-order valence-electron chi connectivity index (χ1n) is 6.81. The van der Waals surface area contributed by atoms with Crippen LogP contribution in [0.2, 0.25) is 0 Å². The van der Waals surface area contributed by atoms with Crippen LogP contribution in [0.4, 0.5) is 4.79 Å². The number of nitrogens with one attached hydrogen (secondary N) is 2. The Morgan fingerprint density at radius 3 is 2.42 bits per heavy atom. The molecule has 19 heavy (non-hydrogen) atoms. The number of likely N-dealkylation sites (tertiary alicyclic amines) is 1. The van der Waals surface area contributed by atoms with Crippen LogP contribution >= 0.6 is 0 Å². The zero-order valence-electron chi connectivity index (χ0n) is 12.0. The fraction of sp³-hybridized carbons (Fsp3) is 0.846. The maximum Gasteiger partial charge on any atom is 0.315 e. The van der Waals surface area contributed by atoms with Crippen LogP contribution in [-0.2, 0) is 4.79 Å². The number of urea groups is 1. The van der Waals surface area contributed by atoms with Gasteiger partial charge in [0.25, 0.3) is 0 Å². The van der Waals surface area contributed by atoms with Gasteiger partial charge in [-0.2, -0.15) is 0 Å². The zero-order chi connectivity index (χ0) is 14.5. The van der Waals surface area contributed by atoms with Gasteiger partial charge in [0.05, 0.1) is 5.41 Å². The minimum Gasteiger partial charge on any atom is -0.481 e. The van der Waals surface area contributed by atoms with Crippen molar-refractivity contribution in [1.29, 1.82) is 0 Å². The molecule has 1 rings (SSSR count). The molecule has 0 aromatic carbocycles. The number of carbonyl (C=O) groups is 2. The number of hydrogen-bond donors (Lipinski definition) is 3. The Morgan fingerprint density at radius 2 is 1.89 bits per heavy atom. The molecular weight excluding hydrogens is 246 g/mol. The number of aliphatic carboxylic acids is 1. The lowest BCUT2D eigenvalue weighted by Crippen LogP contribution is -2.48. The van der Waals surface area contributed by atoms with Crippen LogP contribution in [0.15, 0.2) is 0 Å². The fourth-order valence-electron chi connectivity index (χ4n) is 2.05. The topological polar surface area (TPSA) is 81.7 Å². The van der Waals surface area contributed by atoms with Crippen molar-refractivity contribution in [3.05, 3.63) is 0 Å². The van der Waals surface area contributed by atoms with Gasteiger partial charge in [0.1, 0.15) is 0 Å². The summed E-state index contributed by atoms with van der Waals surface area (Å²) in [5.74, 6) is -0.919. The van der Waals surface area contributed by atoms with Gasteiger partial charge >= 0.3 is 12.0 Å². The summed E-state index contributed by atoms with van der Waals surface area (Å²) >= 11 is 0. The van der Waals surface area contributed by atoms with Crippen LogP contribution < -0.4 is 10.6 Å². The molecule has 0 aromatic rings. The van der Waals surface area contributed by atoms with Crippen LogP contribution in [0.1, 0.15) is 33.6 Å². The lowest BCUT2D eigenvalue weighted by atomic mass is 9.94. The first-order valence-corrected chi connectivity index (χ1v) is 6.81. The summed E-state index contributed by atoms with van der Waals surface area (Å²) in [6, 6.07) is -0.243.